The number of halogens is 1. The predicted octanol–water partition coefficient (Wildman–Crippen LogP) is 5.22. The number of fused-ring (bicyclic) bond motifs is 3. The van der Waals surface area contributed by atoms with Gasteiger partial charge in [-0.1, -0.05) is 78.3 Å². The highest BCUT2D eigenvalue weighted by Crippen LogP contribution is 2.49. The molecule has 0 bridgehead atoms. The maximum Gasteiger partial charge on any atom is 0.0278 e. The van der Waals surface area contributed by atoms with Gasteiger partial charge in [-0.25, -0.2) is 0 Å². The first-order chi connectivity index (χ1) is 8.70. The predicted molar refractivity (Wildman–Crippen MR) is 81.3 cm³/mol. The number of alkyl halides is 1. The molecule has 18 heavy (non-hydrogen) atoms. The van der Waals surface area contributed by atoms with Crippen LogP contribution in [0.1, 0.15) is 30.9 Å². The first kappa shape index (κ1) is 12.0. The van der Waals surface area contributed by atoms with E-state index in [0.29, 0.717) is 16.7 Å². The van der Waals surface area contributed by atoms with Crippen LogP contribution in [-0.2, 0) is 0 Å². The molecule has 0 fully saturated rings. The van der Waals surface area contributed by atoms with E-state index in [1.807, 2.05) is 0 Å². The zero-order valence-corrected chi connectivity index (χ0v) is 12.3. The van der Waals surface area contributed by atoms with Gasteiger partial charge in [0.25, 0.3) is 0 Å². The molecule has 0 amide bonds. The molecule has 1 aliphatic rings. The molecule has 3 rings (SSSR count). The summed E-state index contributed by atoms with van der Waals surface area (Å²) in [5.41, 5.74) is 5.75. The van der Waals surface area contributed by atoms with Gasteiger partial charge in [0.2, 0.25) is 0 Å². The number of rotatable bonds is 2. The second-order valence-corrected chi connectivity index (χ2v) is 6.40. The van der Waals surface area contributed by atoms with Crippen molar-refractivity contribution in [2.75, 3.05) is 0 Å². The molecule has 92 valence electrons. The van der Waals surface area contributed by atoms with Crippen molar-refractivity contribution in [1.29, 1.82) is 0 Å². The molecule has 0 saturated carbocycles. The van der Waals surface area contributed by atoms with Gasteiger partial charge < -0.3 is 0 Å². The summed E-state index contributed by atoms with van der Waals surface area (Å²) in [6, 6.07) is 17.6. The van der Waals surface area contributed by atoms with Gasteiger partial charge in [0.05, 0.1) is 0 Å². The summed E-state index contributed by atoms with van der Waals surface area (Å²) < 4.78 is 0. The molecule has 2 aromatic rings. The molecule has 1 unspecified atom stereocenters. The summed E-state index contributed by atoms with van der Waals surface area (Å²) in [4.78, 5) is 0.488. The van der Waals surface area contributed by atoms with Crippen LogP contribution >= 0.6 is 15.9 Å². The second kappa shape index (κ2) is 4.55. The van der Waals surface area contributed by atoms with E-state index in [2.05, 4.69) is 78.3 Å². The standard InChI is InChI=1S/C17H17Br/c1-11(2)17(18)16-14-9-5-3-7-12(14)13-8-4-6-10-15(13)16/h3-11,16-17H,1-2H3. The molecule has 0 spiro atoms. The molecule has 0 radical (unpaired) electrons. The van der Waals surface area contributed by atoms with Gasteiger partial charge in [-0.15, -0.1) is 0 Å². The summed E-state index contributed by atoms with van der Waals surface area (Å²) in [6.45, 7) is 4.56. The Kier molecular flexibility index (Phi) is 3.03. The van der Waals surface area contributed by atoms with E-state index in [0.717, 1.165) is 0 Å². The molecule has 1 atom stereocenters. The summed E-state index contributed by atoms with van der Waals surface area (Å²) in [5, 5.41) is 0. The molecule has 1 aliphatic carbocycles. The Bertz CT molecular complexity index is 526. The minimum atomic E-state index is 0.484. The fraction of sp³-hybridized carbons (Fsp3) is 0.294. The van der Waals surface area contributed by atoms with E-state index >= 15 is 0 Å². The Morgan fingerprint density at radius 2 is 1.28 bits per heavy atom. The molecule has 0 N–H and O–H groups in total. The van der Waals surface area contributed by atoms with Crippen molar-refractivity contribution in [3.05, 3.63) is 59.7 Å². The third-order valence-corrected chi connectivity index (χ3v) is 5.42. The van der Waals surface area contributed by atoms with Crippen LogP contribution in [0.5, 0.6) is 0 Å². The van der Waals surface area contributed by atoms with Crippen LogP contribution < -0.4 is 0 Å². The van der Waals surface area contributed by atoms with E-state index < -0.39 is 0 Å². The van der Waals surface area contributed by atoms with Crippen molar-refractivity contribution in [2.45, 2.75) is 24.6 Å². The molecule has 0 saturated heterocycles. The number of hydrogen-bond acceptors (Lipinski definition) is 0. The molecule has 0 heterocycles. The largest absolute Gasteiger partial charge is 0.0878 e. The molecular weight excluding hydrogens is 284 g/mol. The molecule has 1 heteroatoms. The van der Waals surface area contributed by atoms with Crippen LogP contribution in [0.4, 0.5) is 0 Å². The zero-order chi connectivity index (χ0) is 12.7. The number of hydrogen-bond donors (Lipinski definition) is 0. The third kappa shape index (κ3) is 1.73. The maximum atomic E-state index is 3.91. The van der Waals surface area contributed by atoms with Crippen molar-refractivity contribution in [3.8, 4) is 11.1 Å². The number of benzene rings is 2. The van der Waals surface area contributed by atoms with Gasteiger partial charge in [-0.3, -0.25) is 0 Å². The highest BCUT2D eigenvalue weighted by Gasteiger charge is 2.33. The summed E-state index contributed by atoms with van der Waals surface area (Å²) in [5.74, 6) is 1.10. The lowest BCUT2D eigenvalue weighted by Crippen LogP contribution is -2.17. The molecule has 0 nitrogen and oxygen atoms in total. The van der Waals surface area contributed by atoms with Crippen molar-refractivity contribution in [3.63, 3.8) is 0 Å². The molecular formula is C17H17Br. The SMILES string of the molecule is CC(C)C(Br)C1c2ccccc2-c2ccccc21. The van der Waals surface area contributed by atoms with Crippen LogP contribution in [0.2, 0.25) is 0 Å². The molecule has 0 aromatic heterocycles. The average Bonchev–Trinajstić information content (AvgIpc) is 2.72. The van der Waals surface area contributed by atoms with Crippen LogP contribution in [0.25, 0.3) is 11.1 Å². The van der Waals surface area contributed by atoms with Gasteiger partial charge in [0.1, 0.15) is 0 Å². The van der Waals surface area contributed by atoms with E-state index in [9.17, 15) is 0 Å². The Morgan fingerprint density at radius 3 is 1.72 bits per heavy atom. The maximum absolute atomic E-state index is 3.91. The minimum absolute atomic E-state index is 0.484. The second-order valence-electron chi connectivity index (χ2n) is 5.34. The highest BCUT2D eigenvalue weighted by atomic mass is 79.9. The fourth-order valence-corrected chi connectivity index (χ4v) is 3.49. The Labute approximate surface area is 117 Å². The van der Waals surface area contributed by atoms with Crippen LogP contribution in [0.3, 0.4) is 0 Å². The third-order valence-electron chi connectivity index (χ3n) is 3.84. The van der Waals surface area contributed by atoms with Crippen LogP contribution in [0, 0.1) is 5.92 Å². The lowest BCUT2D eigenvalue weighted by atomic mass is 9.88. The highest BCUT2D eigenvalue weighted by molar-refractivity contribution is 9.09. The lowest BCUT2D eigenvalue weighted by molar-refractivity contribution is 0.574. The first-order valence-electron chi connectivity index (χ1n) is 6.52. The normalized spacial score (nSPS) is 15.6. The Morgan fingerprint density at radius 1 is 0.833 bits per heavy atom. The summed E-state index contributed by atoms with van der Waals surface area (Å²) in [6.07, 6.45) is 0. The molecule has 0 aliphatic heterocycles. The van der Waals surface area contributed by atoms with Crippen molar-refractivity contribution in [2.24, 2.45) is 5.92 Å². The Balaban J connectivity index is 2.21. The van der Waals surface area contributed by atoms with E-state index in [4.69, 9.17) is 0 Å². The van der Waals surface area contributed by atoms with Gasteiger partial charge in [0.15, 0.2) is 0 Å². The van der Waals surface area contributed by atoms with Crippen molar-refractivity contribution >= 4 is 15.9 Å². The van der Waals surface area contributed by atoms with Crippen LogP contribution in [-0.4, -0.2) is 4.83 Å². The smallest absolute Gasteiger partial charge is 0.0278 e. The van der Waals surface area contributed by atoms with Gasteiger partial charge in [-0.05, 0) is 28.2 Å². The van der Waals surface area contributed by atoms with E-state index in [-0.39, 0.29) is 0 Å². The van der Waals surface area contributed by atoms with E-state index in [1.165, 1.54) is 22.3 Å². The van der Waals surface area contributed by atoms with Crippen LogP contribution in [0.15, 0.2) is 48.5 Å². The zero-order valence-electron chi connectivity index (χ0n) is 10.7. The summed E-state index contributed by atoms with van der Waals surface area (Å²) >= 11 is 3.91. The minimum Gasteiger partial charge on any atom is -0.0878 e. The monoisotopic (exact) mass is 300 g/mol. The first-order valence-corrected chi connectivity index (χ1v) is 7.44. The lowest BCUT2D eigenvalue weighted by Gasteiger charge is -2.23. The van der Waals surface area contributed by atoms with Gasteiger partial charge >= 0.3 is 0 Å². The molecule has 2 aromatic carbocycles. The van der Waals surface area contributed by atoms with Gasteiger partial charge in [0, 0.05) is 10.7 Å². The quantitative estimate of drug-likeness (QED) is 0.667. The van der Waals surface area contributed by atoms with Crippen molar-refractivity contribution in [1.82, 2.24) is 0 Å². The average molecular weight is 301 g/mol. The van der Waals surface area contributed by atoms with E-state index in [1.54, 1.807) is 0 Å². The summed E-state index contributed by atoms with van der Waals surface area (Å²) in [7, 11) is 0. The van der Waals surface area contributed by atoms with Gasteiger partial charge in [-0.2, -0.15) is 0 Å². The Hall–Kier alpha value is -1.08. The topological polar surface area (TPSA) is 0 Å². The van der Waals surface area contributed by atoms with Crippen molar-refractivity contribution < 1.29 is 0 Å². The fourth-order valence-electron chi connectivity index (χ4n) is 2.92.